The van der Waals surface area contributed by atoms with E-state index in [1.807, 2.05) is 53.4 Å². The number of hydrogen-bond donors (Lipinski definition) is 1. The summed E-state index contributed by atoms with van der Waals surface area (Å²) in [6.07, 6.45) is 4.43. The molecule has 1 N–H and O–H groups in total. The molecular weight excluding hydrogens is 412 g/mol. The number of carbonyl (C=O) groups excluding carboxylic acids is 2. The molecule has 4 heterocycles. The molecule has 33 heavy (non-hydrogen) atoms. The van der Waals surface area contributed by atoms with Gasteiger partial charge in [-0.25, -0.2) is 4.98 Å². The molecule has 166 valence electrons. The number of hydrogen-bond acceptors (Lipinski definition) is 4. The average molecular weight is 439 g/mol. The lowest BCUT2D eigenvalue weighted by Gasteiger charge is -2.35. The van der Waals surface area contributed by atoms with Gasteiger partial charge in [0.1, 0.15) is 5.82 Å². The Hall–Kier alpha value is -3.67. The first kappa shape index (κ1) is 20.0. The fourth-order valence-corrected chi connectivity index (χ4v) is 5.66. The number of carbonyl (C=O) groups is 2. The van der Waals surface area contributed by atoms with Gasteiger partial charge >= 0.3 is 0 Å². The summed E-state index contributed by atoms with van der Waals surface area (Å²) in [5, 5.41) is 3.04. The van der Waals surface area contributed by atoms with Crippen molar-refractivity contribution in [3.05, 3.63) is 83.6 Å². The van der Waals surface area contributed by atoms with Gasteiger partial charge in [-0.3, -0.25) is 9.59 Å². The van der Waals surface area contributed by atoms with Gasteiger partial charge in [-0.15, -0.1) is 0 Å². The largest absolute Gasteiger partial charge is 0.356 e. The lowest BCUT2D eigenvalue weighted by molar-refractivity contribution is -0.118. The Balaban J connectivity index is 1.21. The Morgan fingerprint density at radius 3 is 2.61 bits per heavy atom. The van der Waals surface area contributed by atoms with E-state index in [0.29, 0.717) is 18.0 Å². The van der Waals surface area contributed by atoms with Crippen molar-refractivity contribution in [2.75, 3.05) is 34.8 Å². The Bertz CT molecular complexity index is 1230. The molecule has 1 aromatic heterocycles. The fourth-order valence-electron chi connectivity index (χ4n) is 5.66. The van der Waals surface area contributed by atoms with Crippen LogP contribution in [0.25, 0.3) is 0 Å². The van der Waals surface area contributed by atoms with Crippen LogP contribution in [0.5, 0.6) is 0 Å². The molecule has 3 aromatic rings. The summed E-state index contributed by atoms with van der Waals surface area (Å²) in [4.78, 5) is 34.9. The molecule has 2 aromatic carbocycles. The van der Waals surface area contributed by atoms with Gasteiger partial charge in [0, 0.05) is 37.2 Å². The molecule has 1 fully saturated rings. The summed E-state index contributed by atoms with van der Waals surface area (Å²) in [5.41, 5.74) is 4.92. The monoisotopic (exact) mass is 438 g/mol. The highest BCUT2D eigenvalue weighted by Crippen LogP contribution is 2.42. The third kappa shape index (κ3) is 3.37. The van der Waals surface area contributed by atoms with Crippen LogP contribution < -0.4 is 15.1 Å². The standard InChI is InChI=1S/C27H26N4O2/c32-26-24(20-7-2-3-9-22(20)29-26)19-11-15-30(16-12-19)25-21(8-5-14-28-25)27(33)31-17-13-18-6-1-4-10-23(18)31/h1-10,14,19,24H,11-13,15-17H2,(H,29,32). The molecule has 1 saturated heterocycles. The van der Waals surface area contributed by atoms with Crippen LogP contribution in [-0.4, -0.2) is 36.4 Å². The van der Waals surface area contributed by atoms with Crippen molar-refractivity contribution in [3.8, 4) is 0 Å². The number of nitrogens with one attached hydrogen (secondary N) is 1. The zero-order valence-electron chi connectivity index (χ0n) is 18.4. The quantitative estimate of drug-likeness (QED) is 0.664. The summed E-state index contributed by atoms with van der Waals surface area (Å²) < 4.78 is 0. The van der Waals surface area contributed by atoms with Crippen molar-refractivity contribution in [1.82, 2.24) is 4.98 Å². The van der Waals surface area contributed by atoms with Crippen LogP contribution in [0.4, 0.5) is 17.2 Å². The Morgan fingerprint density at radius 2 is 1.73 bits per heavy atom. The molecule has 0 saturated carbocycles. The maximum atomic E-state index is 13.5. The lowest BCUT2D eigenvalue weighted by atomic mass is 9.80. The highest BCUT2D eigenvalue weighted by atomic mass is 16.2. The SMILES string of the molecule is O=C1Nc2ccccc2C1C1CCN(c2ncccc2C(=O)N2CCc3ccccc32)CC1. The lowest BCUT2D eigenvalue weighted by Crippen LogP contribution is -2.39. The third-order valence-corrected chi connectivity index (χ3v) is 7.30. The normalized spacial score (nSPS) is 19.9. The predicted molar refractivity (Wildman–Crippen MR) is 129 cm³/mol. The molecular formula is C27H26N4O2. The first-order chi connectivity index (χ1) is 16.2. The van der Waals surface area contributed by atoms with Crippen molar-refractivity contribution < 1.29 is 9.59 Å². The van der Waals surface area contributed by atoms with Crippen LogP contribution in [0.3, 0.4) is 0 Å². The van der Waals surface area contributed by atoms with Crippen LogP contribution in [0.1, 0.15) is 40.2 Å². The van der Waals surface area contributed by atoms with Gasteiger partial charge in [-0.2, -0.15) is 0 Å². The zero-order valence-corrected chi connectivity index (χ0v) is 18.4. The van der Waals surface area contributed by atoms with Gasteiger partial charge in [0.05, 0.1) is 11.5 Å². The van der Waals surface area contributed by atoms with E-state index in [4.69, 9.17) is 0 Å². The topological polar surface area (TPSA) is 65.5 Å². The summed E-state index contributed by atoms with van der Waals surface area (Å²) in [6, 6.07) is 19.8. The number of amides is 2. The molecule has 1 atom stereocenters. The molecule has 6 rings (SSSR count). The van der Waals surface area contributed by atoms with Crippen molar-refractivity contribution in [2.24, 2.45) is 5.92 Å². The van der Waals surface area contributed by atoms with Crippen molar-refractivity contribution in [1.29, 1.82) is 0 Å². The summed E-state index contributed by atoms with van der Waals surface area (Å²) in [6.45, 7) is 2.26. The summed E-state index contributed by atoms with van der Waals surface area (Å²) in [7, 11) is 0. The smallest absolute Gasteiger partial charge is 0.262 e. The van der Waals surface area contributed by atoms with Gasteiger partial charge < -0.3 is 15.1 Å². The van der Waals surface area contributed by atoms with Crippen LogP contribution in [0, 0.1) is 5.92 Å². The molecule has 3 aliphatic heterocycles. The van der Waals surface area contributed by atoms with Crippen molar-refractivity contribution in [2.45, 2.75) is 25.2 Å². The van der Waals surface area contributed by atoms with E-state index in [1.54, 1.807) is 6.20 Å². The van der Waals surface area contributed by atoms with E-state index in [2.05, 4.69) is 27.3 Å². The van der Waals surface area contributed by atoms with Gasteiger partial charge in [0.25, 0.3) is 5.91 Å². The van der Waals surface area contributed by atoms with Gasteiger partial charge in [-0.1, -0.05) is 36.4 Å². The van der Waals surface area contributed by atoms with E-state index in [1.165, 1.54) is 5.56 Å². The molecule has 1 unspecified atom stereocenters. The zero-order chi connectivity index (χ0) is 22.4. The molecule has 0 spiro atoms. The summed E-state index contributed by atoms with van der Waals surface area (Å²) in [5.74, 6) is 1.07. The number of rotatable bonds is 3. The maximum Gasteiger partial charge on any atom is 0.262 e. The number of para-hydroxylation sites is 2. The minimum absolute atomic E-state index is 0.00858. The van der Waals surface area contributed by atoms with Crippen molar-refractivity contribution in [3.63, 3.8) is 0 Å². The molecule has 6 heteroatoms. The number of aromatic nitrogens is 1. The molecule has 0 radical (unpaired) electrons. The number of fused-ring (bicyclic) bond motifs is 2. The highest BCUT2D eigenvalue weighted by molar-refractivity contribution is 6.10. The molecule has 0 bridgehead atoms. The minimum atomic E-state index is -0.0886. The second kappa shape index (κ2) is 8.03. The highest BCUT2D eigenvalue weighted by Gasteiger charge is 2.38. The van der Waals surface area contributed by atoms with Gasteiger partial charge in [-0.05, 0) is 60.6 Å². The van der Waals surface area contributed by atoms with Gasteiger partial charge in [0.15, 0.2) is 0 Å². The van der Waals surface area contributed by atoms with E-state index in [0.717, 1.165) is 55.1 Å². The molecule has 6 nitrogen and oxygen atoms in total. The van der Waals surface area contributed by atoms with Crippen LogP contribution >= 0.6 is 0 Å². The first-order valence-corrected chi connectivity index (χ1v) is 11.7. The molecule has 0 aliphatic carbocycles. The molecule has 3 aliphatic rings. The van der Waals surface area contributed by atoms with E-state index >= 15 is 0 Å². The number of piperidine rings is 1. The average Bonchev–Trinajstić information content (AvgIpc) is 3.44. The maximum absolute atomic E-state index is 13.5. The Morgan fingerprint density at radius 1 is 0.939 bits per heavy atom. The Labute approximate surface area is 193 Å². The summed E-state index contributed by atoms with van der Waals surface area (Å²) >= 11 is 0. The third-order valence-electron chi connectivity index (χ3n) is 7.30. The van der Waals surface area contributed by atoms with Crippen molar-refractivity contribution >= 4 is 29.0 Å². The van der Waals surface area contributed by atoms with Crippen LogP contribution in [0.2, 0.25) is 0 Å². The second-order valence-corrected chi connectivity index (χ2v) is 9.09. The van der Waals surface area contributed by atoms with Crippen LogP contribution in [0.15, 0.2) is 66.9 Å². The van der Waals surface area contributed by atoms with Gasteiger partial charge in [0.2, 0.25) is 5.91 Å². The van der Waals surface area contributed by atoms with E-state index < -0.39 is 0 Å². The number of benzene rings is 2. The second-order valence-electron chi connectivity index (χ2n) is 9.09. The number of anilines is 3. The fraction of sp³-hybridized carbons (Fsp3) is 0.296. The molecule has 2 amide bonds. The minimum Gasteiger partial charge on any atom is -0.356 e. The van der Waals surface area contributed by atoms with E-state index in [-0.39, 0.29) is 17.7 Å². The van der Waals surface area contributed by atoms with E-state index in [9.17, 15) is 9.59 Å². The first-order valence-electron chi connectivity index (χ1n) is 11.7. The predicted octanol–water partition coefficient (Wildman–Crippen LogP) is 4.24. The Kier molecular flexibility index (Phi) is 4.86. The number of nitrogens with zero attached hydrogens (tertiary/aromatic N) is 3. The van der Waals surface area contributed by atoms with Crippen LogP contribution in [-0.2, 0) is 11.2 Å². The number of pyridine rings is 1.